The number of nitrogens with zero attached hydrogens (tertiary/aromatic N) is 5. The number of aromatic nitrogens is 3. The lowest BCUT2D eigenvalue weighted by Gasteiger charge is -2.35. The van der Waals surface area contributed by atoms with Crippen LogP contribution in [-0.2, 0) is 19.2 Å². The van der Waals surface area contributed by atoms with Crippen LogP contribution >= 0.6 is 0 Å². The Morgan fingerprint density at radius 3 is 2.36 bits per heavy atom. The van der Waals surface area contributed by atoms with Crippen molar-refractivity contribution in [2.75, 3.05) is 32.8 Å². The van der Waals surface area contributed by atoms with Crippen LogP contribution in [0.2, 0.25) is 0 Å². The lowest BCUT2D eigenvalue weighted by molar-refractivity contribution is -0.605. The average molecular weight is 579 g/mol. The second-order valence-electron chi connectivity index (χ2n) is 9.26. The molecule has 1 aromatic carbocycles. The maximum absolute atomic E-state index is 13.5. The largest absolute Gasteiger partial charge is 0.619 e. The van der Waals surface area contributed by atoms with Gasteiger partial charge in [-0.15, -0.1) is 5.06 Å². The maximum Gasteiger partial charge on any atom is 0.527 e. The minimum Gasteiger partial charge on any atom is -0.619 e. The van der Waals surface area contributed by atoms with E-state index in [9.17, 15) is 29.5 Å². The third-order valence-corrected chi connectivity index (χ3v) is 6.36. The van der Waals surface area contributed by atoms with Crippen molar-refractivity contribution in [3.63, 3.8) is 0 Å². The van der Waals surface area contributed by atoms with Gasteiger partial charge in [0.2, 0.25) is 5.91 Å². The zero-order valence-electron chi connectivity index (χ0n) is 22.8. The normalized spacial score (nSPS) is 14.1. The Bertz CT molecular complexity index is 1410. The van der Waals surface area contributed by atoms with Gasteiger partial charge in [-0.3, -0.25) is 14.4 Å². The Hall–Kier alpha value is -5.11. The first-order chi connectivity index (χ1) is 20.2. The van der Waals surface area contributed by atoms with Gasteiger partial charge >= 0.3 is 12.1 Å². The number of carboxylic acids is 1. The Morgan fingerprint density at radius 2 is 1.71 bits per heavy atom. The average Bonchev–Trinajstić information content (AvgIpc) is 2.99. The Kier molecular flexibility index (Phi) is 9.94. The number of benzene rings is 1. The van der Waals surface area contributed by atoms with Crippen molar-refractivity contribution in [2.24, 2.45) is 0 Å². The second kappa shape index (κ2) is 14.0. The van der Waals surface area contributed by atoms with Gasteiger partial charge in [0.25, 0.3) is 5.91 Å². The number of carbonyl (C=O) groups excluding carboxylic acids is 3. The molecule has 3 heterocycles. The SMILES string of the molecule is CCOC(=O)ON1CCN(C(=O)[C@H](CCC(=O)O)NC(=O)c2cc(-c3cc[n+]([O-])cc3)nc(-c3ccccc3)n2)CC1. The third kappa shape index (κ3) is 7.97. The zero-order chi connectivity index (χ0) is 30.1. The van der Waals surface area contributed by atoms with E-state index in [4.69, 9.17) is 9.57 Å². The van der Waals surface area contributed by atoms with E-state index in [0.29, 0.717) is 21.6 Å². The smallest absolute Gasteiger partial charge is 0.527 e. The van der Waals surface area contributed by atoms with E-state index < -0.39 is 30.0 Å². The van der Waals surface area contributed by atoms with Crippen LogP contribution in [0, 0.1) is 5.21 Å². The van der Waals surface area contributed by atoms with Crippen LogP contribution in [0.25, 0.3) is 22.6 Å². The lowest BCUT2D eigenvalue weighted by Crippen LogP contribution is -2.55. The third-order valence-electron chi connectivity index (χ3n) is 6.36. The molecule has 220 valence electrons. The highest BCUT2D eigenvalue weighted by atomic mass is 16.8. The molecule has 14 nitrogen and oxygen atoms in total. The van der Waals surface area contributed by atoms with Crippen LogP contribution < -0.4 is 10.0 Å². The van der Waals surface area contributed by atoms with Crippen molar-refractivity contribution in [1.82, 2.24) is 25.2 Å². The fourth-order valence-electron chi connectivity index (χ4n) is 4.24. The van der Waals surface area contributed by atoms with Gasteiger partial charge in [-0.25, -0.2) is 14.8 Å². The molecule has 1 aliphatic rings. The first kappa shape index (κ1) is 29.9. The molecule has 0 aliphatic carbocycles. The number of aliphatic carboxylic acids is 1. The molecular formula is C28H30N6O8. The number of carboxylic acid groups (broad SMARTS) is 1. The standard InChI is InChI=1S/C28H30N6O8/c1-2-41-28(39)42-34-16-14-32(15-17-34)27(38)21(8-9-24(35)36)31-26(37)23-18-22(19-10-12-33(40)13-11-19)29-25(30-23)20-6-4-3-5-7-20/h3-7,10-13,18,21H,2,8-9,14-17H2,1H3,(H,31,37)(H,35,36)/t21-/m0/s1. The van der Waals surface area contributed by atoms with E-state index in [0.717, 1.165) is 0 Å². The van der Waals surface area contributed by atoms with E-state index in [1.165, 1.54) is 28.4 Å². The highest BCUT2D eigenvalue weighted by Crippen LogP contribution is 2.22. The number of amides is 2. The van der Waals surface area contributed by atoms with Crippen molar-refractivity contribution in [3.8, 4) is 22.6 Å². The van der Waals surface area contributed by atoms with Gasteiger partial charge in [0.05, 0.1) is 25.4 Å². The molecule has 0 bridgehead atoms. The molecule has 1 aliphatic heterocycles. The quantitative estimate of drug-likeness (QED) is 0.203. The molecule has 0 unspecified atom stereocenters. The van der Waals surface area contributed by atoms with Crippen molar-refractivity contribution in [3.05, 3.63) is 71.8 Å². The van der Waals surface area contributed by atoms with Crippen LogP contribution in [0.5, 0.6) is 0 Å². The highest BCUT2D eigenvalue weighted by molar-refractivity contribution is 5.97. The number of ether oxygens (including phenoxy) is 1. The molecule has 1 fully saturated rings. The molecule has 2 aromatic heterocycles. The highest BCUT2D eigenvalue weighted by Gasteiger charge is 2.31. The first-order valence-corrected chi connectivity index (χ1v) is 13.3. The Labute approximate surface area is 241 Å². The number of nitrogens with one attached hydrogen (secondary N) is 1. The summed E-state index contributed by atoms with van der Waals surface area (Å²) in [6.07, 6.45) is 1.26. The second-order valence-corrected chi connectivity index (χ2v) is 9.26. The van der Waals surface area contributed by atoms with E-state index in [1.54, 1.807) is 43.3 Å². The molecule has 1 atom stereocenters. The lowest BCUT2D eigenvalue weighted by atomic mass is 10.1. The van der Waals surface area contributed by atoms with Crippen molar-refractivity contribution in [2.45, 2.75) is 25.8 Å². The van der Waals surface area contributed by atoms with E-state index in [1.807, 2.05) is 6.07 Å². The van der Waals surface area contributed by atoms with Gasteiger partial charge < -0.3 is 30.1 Å². The monoisotopic (exact) mass is 578 g/mol. The summed E-state index contributed by atoms with van der Waals surface area (Å²) < 4.78 is 5.39. The Morgan fingerprint density at radius 1 is 1.02 bits per heavy atom. The Balaban J connectivity index is 1.55. The number of hydrogen-bond acceptors (Lipinski definition) is 10. The summed E-state index contributed by atoms with van der Waals surface area (Å²) in [4.78, 5) is 65.4. The zero-order valence-corrected chi connectivity index (χ0v) is 22.8. The molecule has 4 rings (SSSR count). The van der Waals surface area contributed by atoms with Gasteiger partial charge in [-0.05, 0) is 19.4 Å². The summed E-state index contributed by atoms with van der Waals surface area (Å²) in [5.41, 5.74) is 1.54. The minimum atomic E-state index is -1.15. The topological polar surface area (TPSA) is 178 Å². The summed E-state index contributed by atoms with van der Waals surface area (Å²) in [6.45, 7) is 2.59. The number of pyridine rings is 1. The first-order valence-electron chi connectivity index (χ1n) is 13.3. The molecule has 42 heavy (non-hydrogen) atoms. The van der Waals surface area contributed by atoms with Gasteiger partial charge in [-0.1, -0.05) is 30.3 Å². The van der Waals surface area contributed by atoms with E-state index >= 15 is 0 Å². The summed E-state index contributed by atoms with van der Waals surface area (Å²) in [5.74, 6) is -2.03. The van der Waals surface area contributed by atoms with Gasteiger partial charge in [0.15, 0.2) is 18.2 Å². The molecule has 0 saturated carbocycles. The van der Waals surface area contributed by atoms with Crippen LogP contribution in [0.1, 0.15) is 30.3 Å². The molecule has 14 heteroatoms. The van der Waals surface area contributed by atoms with E-state index in [-0.39, 0.29) is 57.1 Å². The molecule has 2 N–H and O–H groups in total. The number of hydrogen-bond donors (Lipinski definition) is 2. The van der Waals surface area contributed by atoms with Crippen molar-refractivity contribution in [1.29, 1.82) is 0 Å². The van der Waals surface area contributed by atoms with Crippen molar-refractivity contribution >= 4 is 23.9 Å². The van der Waals surface area contributed by atoms with Crippen LogP contribution in [0.3, 0.4) is 0 Å². The molecule has 0 radical (unpaired) electrons. The summed E-state index contributed by atoms with van der Waals surface area (Å²) in [5, 5.41) is 24.8. The van der Waals surface area contributed by atoms with Gasteiger partial charge in [0, 0.05) is 42.8 Å². The predicted octanol–water partition coefficient (Wildman–Crippen LogP) is 1.64. The van der Waals surface area contributed by atoms with Crippen molar-refractivity contribution < 1.29 is 38.6 Å². The maximum atomic E-state index is 13.5. The van der Waals surface area contributed by atoms with Crippen LogP contribution in [-0.4, -0.2) is 87.8 Å². The molecule has 3 aromatic rings. The molecule has 2 amide bonds. The van der Waals surface area contributed by atoms with Gasteiger partial charge in [-0.2, -0.15) is 4.73 Å². The number of rotatable bonds is 10. The fraction of sp³-hybridized carbons (Fsp3) is 0.321. The number of hydroxylamine groups is 2. The van der Waals surface area contributed by atoms with E-state index in [2.05, 4.69) is 15.3 Å². The van der Waals surface area contributed by atoms with Crippen LogP contribution in [0.15, 0.2) is 60.9 Å². The van der Waals surface area contributed by atoms with Crippen LogP contribution in [0.4, 0.5) is 4.79 Å². The summed E-state index contributed by atoms with van der Waals surface area (Å²) in [6, 6.07) is 12.4. The molecular weight excluding hydrogens is 548 g/mol. The fourth-order valence-corrected chi connectivity index (χ4v) is 4.24. The summed E-state index contributed by atoms with van der Waals surface area (Å²) in [7, 11) is 0. The number of piperazine rings is 1. The van der Waals surface area contributed by atoms with Gasteiger partial charge in [0.1, 0.15) is 11.7 Å². The minimum absolute atomic E-state index is 0.0431. The molecule has 0 spiro atoms. The predicted molar refractivity (Wildman–Crippen MR) is 146 cm³/mol. The summed E-state index contributed by atoms with van der Waals surface area (Å²) >= 11 is 0. The molecule has 1 saturated heterocycles. The number of carbonyl (C=O) groups is 4.